The Kier molecular flexibility index (Phi) is 13.7. The van der Waals surface area contributed by atoms with Crippen LogP contribution in [0.4, 0.5) is 17.6 Å². The monoisotopic (exact) mass is 376 g/mol. The van der Waals surface area contributed by atoms with Crippen molar-refractivity contribution in [3.05, 3.63) is 11.9 Å². The van der Waals surface area contributed by atoms with Crippen molar-refractivity contribution in [2.24, 2.45) is 0 Å². The summed E-state index contributed by atoms with van der Waals surface area (Å²) in [5.41, 5.74) is 0. The molecule has 0 aliphatic carbocycles. The molecule has 2 N–H and O–H groups in total. The first-order chi connectivity index (χ1) is 11.4. The number of halogens is 4. The first-order valence-corrected chi connectivity index (χ1v) is 9.43. The summed E-state index contributed by atoms with van der Waals surface area (Å²) in [4.78, 5) is 0. The second kappa shape index (κ2) is 13.9. The van der Waals surface area contributed by atoms with E-state index in [4.69, 9.17) is 5.11 Å². The molecule has 0 heterocycles. The van der Waals surface area contributed by atoms with Crippen LogP contribution in [0.5, 0.6) is 0 Å². The summed E-state index contributed by atoms with van der Waals surface area (Å²) >= 11 is 1.20. The predicted molar refractivity (Wildman–Crippen MR) is 88.6 cm³/mol. The number of unbranched alkanes of at least 4 members (excludes halogenated alkanes) is 5. The molecule has 0 aromatic carbocycles. The van der Waals surface area contributed by atoms with Crippen molar-refractivity contribution >= 4 is 11.8 Å². The molecule has 3 nitrogen and oxygen atoms in total. The van der Waals surface area contributed by atoms with Gasteiger partial charge in [-0.05, 0) is 6.42 Å². The number of aliphatic hydroxyl groups is 2. The molecule has 0 bridgehead atoms. The van der Waals surface area contributed by atoms with Crippen molar-refractivity contribution in [2.75, 3.05) is 24.7 Å². The van der Waals surface area contributed by atoms with Crippen molar-refractivity contribution in [1.29, 1.82) is 0 Å². The van der Waals surface area contributed by atoms with E-state index >= 15 is 0 Å². The predicted octanol–water partition coefficient (Wildman–Crippen LogP) is 4.58. The fraction of sp³-hybridized carbons (Fsp3) is 0.875. The lowest BCUT2D eigenvalue weighted by Crippen LogP contribution is -2.33. The van der Waals surface area contributed by atoms with Gasteiger partial charge in [-0.1, -0.05) is 39.0 Å². The van der Waals surface area contributed by atoms with Crippen LogP contribution in [0.3, 0.4) is 0 Å². The highest BCUT2D eigenvalue weighted by Gasteiger charge is 2.40. The van der Waals surface area contributed by atoms with E-state index in [0.717, 1.165) is 25.7 Å². The SMILES string of the molecule is CCCCCCCCC(F)(OCC(O)CSCCO)C(F)=C(F)F. The Hall–Kier alpha value is -0.310. The average molecular weight is 376 g/mol. The maximum absolute atomic E-state index is 14.5. The standard InChI is InChI=1S/C16H28F4O3S/c1-2-3-4-5-6-7-8-16(20,14(17)15(18)19)23-11-13(22)12-24-10-9-21/h13,21-22H,2-12H2,1H3. The van der Waals surface area contributed by atoms with Crippen LogP contribution >= 0.6 is 11.8 Å². The number of hydrogen-bond acceptors (Lipinski definition) is 4. The lowest BCUT2D eigenvalue weighted by atomic mass is 10.0. The van der Waals surface area contributed by atoms with Crippen LogP contribution in [-0.2, 0) is 4.74 Å². The van der Waals surface area contributed by atoms with E-state index in [1.165, 1.54) is 11.8 Å². The third-order valence-corrected chi connectivity index (χ3v) is 4.49. The molecule has 0 fully saturated rings. The van der Waals surface area contributed by atoms with Gasteiger partial charge in [0.2, 0.25) is 5.83 Å². The molecule has 0 rings (SSSR count). The molecule has 0 radical (unpaired) electrons. The first kappa shape index (κ1) is 23.7. The number of aliphatic hydroxyl groups excluding tert-OH is 2. The van der Waals surface area contributed by atoms with Crippen molar-refractivity contribution < 1.29 is 32.5 Å². The smallest absolute Gasteiger partial charge is 0.307 e. The van der Waals surface area contributed by atoms with Crippen LogP contribution in [0.25, 0.3) is 0 Å². The van der Waals surface area contributed by atoms with Gasteiger partial charge in [-0.2, -0.15) is 24.9 Å². The highest BCUT2D eigenvalue weighted by atomic mass is 32.2. The Morgan fingerprint density at radius 2 is 1.75 bits per heavy atom. The van der Waals surface area contributed by atoms with Gasteiger partial charge in [0.15, 0.2) is 0 Å². The van der Waals surface area contributed by atoms with Crippen LogP contribution < -0.4 is 0 Å². The van der Waals surface area contributed by atoms with Gasteiger partial charge in [0.1, 0.15) is 0 Å². The van der Waals surface area contributed by atoms with Crippen LogP contribution in [0.1, 0.15) is 51.9 Å². The summed E-state index contributed by atoms with van der Waals surface area (Å²) in [6, 6.07) is 0. The minimum atomic E-state index is -3.20. The number of ether oxygens (including phenoxy) is 1. The first-order valence-electron chi connectivity index (χ1n) is 8.28. The summed E-state index contributed by atoms with van der Waals surface area (Å²) in [5.74, 6) is -4.90. The van der Waals surface area contributed by atoms with Gasteiger partial charge in [-0.3, -0.25) is 0 Å². The molecule has 144 valence electrons. The molecule has 2 unspecified atom stereocenters. The zero-order valence-electron chi connectivity index (χ0n) is 14.1. The third-order valence-electron chi connectivity index (χ3n) is 3.40. The highest BCUT2D eigenvalue weighted by molar-refractivity contribution is 7.99. The quantitative estimate of drug-likeness (QED) is 0.324. The highest BCUT2D eigenvalue weighted by Crippen LogP contribution is 2.34. The van der Waals surface area contributed by atoms with E-state index in [1.54, 1.807) is 0 Å². The molecule has 0 saturated carbocycles. The van der Waals surface area contributed by atoms with Gasteiger partial charge in [0, 0.05) is 17.9 Å². The summed E-state index contributed by atoms with van der Waals surface area (Å²) < 4.78 is 57.5. The Balaban J connectivity index is 4.43. The normalized spacial score (nSPS) is 15.1. The van der Waals surface area contributed by atoms with E-state index in [0.29, 0.717) is 12.2 Å². The number of rotatable bonds is 15. The minimum absolute atomic E-state index is 0.0756. The van der Waals surface area contributed by atoms with Crippen molar-refractivity contribution in [3.63, 3.8) is 0 Å². The topological polar surface area (TPSA) is 49.7 Å². The molecule has 2 atom stereocenters. The average Bonchev–Trinajstić information content (AvgIpc) is 2.55. The lowest BCUT2D eigenvalue weighted by molar-refractivity contribution is -0.153. The second-order valence-electron chi connectivity index (χ2n) is 5.58. The molecule has 0 aliphatic heterocycles. The maximum atomic E-state index is 14.5. The van der Waals surface area contributed by atoms with Gasteiger partial charge < -0.3 is 14.9 Å². The Morgan fingerprint density at radius 1 is 1.12 bits per heavy atom. The van der Waals surface area contributed by atoms with E-state index in [-0.39, 0.29) is 18.8 Å². The molecular formula is C16H28F4O3S. The lowest BCUT2D eigenvalue weighted by Gasteiger charge is -2.25. The molecule has 8 heteroatoms. The minimum Gasteiger partial charge on any atom is -0.396 e. The van der Waals surface area contributed by atoms with Crippen LogP contribution in [-0.4, -0.2) is 46.9 Å². The molecule has 0 aliphatic rings. The van der Waals surface area contributed by atoms with Crippen molar-refractivity contribution in [2.45, 2.75) is 63.8 Å². The number of alkyl halides is 1. The molecule has 0 saturated heterocycles. The van der Waals surface area contributed by atoms with Gasteiger partial charge in [-0.15, -0.1) is 0 Å². The van der Waals surface area contributed by atoms with Gasteiger partial charge in [0.25, 0.3) is 5.85 Å². The molecule has 0 aromatic heterocycles. The Labute approximate surface area is 145 Å². The van der Waals surface area contributed by atoms with E-state index in [9.17, 15) is 22.7 Å². The zero-order chi connectivity index (χ0) is 18.4. The number of hydrogen-bond donors (Lipinski definition) is 2. The van der Waals surface area contributed by atoms with Crippen LogP contribution in [0.2, 0.25) is 0 Å². The third kappa shape index (κ3) is 10.5. The number of thioether (sulfide) groups is 1. The molecule has 0 amide bonds. The Bertz CT molecular complexity index is 354. The van der Waals surface area contributed by atoms with Gasteiger partial charge in [-0.25, -0.2) is 4.39 Å². The molecule has 0 aromatic rings. The maximum Gasteiger partial charge on any atom is 0.307 e. The van der Waals surface area contributed by atoms with Gasteiger partial charge >= 0.3 is 6.08 Å². The second-order valence-corrected chi connectivity index (χ2v) is 6.73. The molecular weight excluding hydrogens is 348 g/mol. The fourth-order valence-corrected chi connectivity index (χ4v) is 2.74. The summed E-state index contributed by atoms with van der Waals surface area (Å²) in [6.07, 6.45) is 0.320. The van der Waals surface area contributed by atoms with Crippen molar-refractivity contribution in [3.8, 4) is 0 Å². The summed E-state index contributed by atoms with van der Waals surface area (Å²) in [6.45, 7) is 1.38. The zero-order valence-corrected chi connectivity index (χ0v) is 14.9. The summed E-state index contributed by atoms with van der Waals surface area (Å²) in [5, 5.41) is 18.2. The van der Waals surface area contributed by atoms with E-state index in [2.05, 4.69) is 11.7 Å². The molecule has 24 heavy (non-hydrogen) atoms. The van der Waals surface area contributed by atoms with E-state index in [1.807, 2.05) is 0 Å². The van der Waals surface area contributed by atoms with Gasteiger partial charge in [0.05, 0.1) is 19.3 Å². The van der Waals surface area contributed by atoms with Crippen LogP contribution in [0, 0.1) is 0 Å². The summed E-state index contributed by atoms with van der Waals surface area (Å²) in [7, 11) is 0. The fourth-order valence-electron chi connectivity index (χ4n) is 2.08. The van der Waals surface area contributed by atoms with Crippen molar-refractivity contribution in [1.82, 2.24) is 0 Å². The van der Waals surface area contributed by atoms with E-state index < -0.39 is 36.9 Å². The Morgan fingerprint density at radius 3 is 2.33 bits per heavy atom. The van der Waals surface area contributed by atoms with Crippen LogP contribution in [0.15, 0.2) is 11.9 Å². The molecule has 0 spiro atoms. The largest absolute Gasteiger partial charge is 0.396 e.